The second-order valence-electron chi connectivity index (χ2n) is 5.25. The number of nitrogens with zero attached hydrogens (tertiary/aromatic N) is 2. The van der Waals surface area contributed by atoms with Crippen molar-refractivity contribution in [3.63, 3.8) is 0 Å². The Balaban J connectivity index is 1.79. The van der Waals surface area contributed by atoms with Crippen molar-refractivity contribution in [1.29, 1.82) is 0 Å². The summed E-state index contributed by atoms with van der Waals surface area (Å²) in [6.07, 6.45) is 0.626. The zero-order valence-corrected chi connectivity index (χ0v) is 13.0. The smallest absolute Gasteiger partial charge is 0.245 e. The Hall–Kier alpha value is -2.70. The Kier molecular flexibility index (Phi) is 5.46. The predicted molar refractivity (Wildman–Crippen MR) is 82.2 cm³/mol. The monoisotopic (exact) mass is 319 g/mol. The predicted octanol–water partition coefficient (Wildman–Crippen LogP) is 2.15. The zero-order valence-electron chi connectivity index (χ0n) is 13.0. The van der Waals surface area contributed by atoms with Crippen LogP contribution in [0.1, 0.15) is 17.7 Å². The van der Waals surface area contributed by atoms with Crippen molar-refractivity contribution in [1.82, 2.24) is 10.1 Å². The second kappa shape index (κ2) is 7.53. The number of carbonyl (C=O) groups excluding carboxylic acids is 2. The molecule has 2 amide bonds. The maximum Gasteiger partial charge on any atom is 0.245 e. The Bertz CT molecular complexity index is 699. The minimum Gasteiger partial charge on any atom is -0.360 e. The van der Waals surface area contributed by atoms with Gasteiger partial charge in [-0.15, -0.1) is 0 Å². The van der Waals surface area contributed by atoms with E-state index in [0.717, 1.165) is 5.56 Å². The van der Waals surface area contributed by atoms with E-state index >= 15 is 0 Å². The maximum absolute atomic E-state index is 13.1. The fourth-order valence-corrected chi connectivity index (χ4v) is 2.05. The number of benzene rings is 1. The van der Waals surface area contributed by atoms with Crippen LogP contribution in [-0.2, 0) is 16.0 Å². The van der Waals surface area contributed by atoms with E-state index in [1.807, 2.05) is 0 Å². The number of halogens is 1. The number of anilines is 1. The summed E-state index contributed by atoms with van der Waals surface area (Å²) in [5.74, 6) is 0.0131. The van der Waals surface area contributed by atoms with Crippen molar-refractivity contribution in [2.24, 2.45) is 0 Å². The molecule has 0 spiro atoms. The summed E-state index contributed by atoms with van der Waals surface area (Å²) in [5.41, 5.74) is 0.745. The molecule has 2 aromatic rings. The summed E-state index contributed by atoms with van der Waals surface area (Å²) in [7, 11) is 1.54. The minimum atomic E-state index is -0.361. The Morgan fingerprint density at radius 3 is 2.78 bits per heavy atom. The molecule has 0 aliphatic heterocycles. The zero-order chi connectivity index (χ0) is 16.8. The normalized spacial score (nSPS) is 10.4. The lowest BCUT2D eigenvalue weighted by atomic mass is 10.1. The molecule has 2 rings (SSSR count). The van der Waals surface area contributed by atoms with Gasteiger partial charge in [0.25, 0.3) is 0 Å². The topological polar surface area (TPSA) is 75.4 Å². The molecule has 7 heteroatoms. The van der Waals surface area contributed by atoms with Gasteiger partial charge in [0.1, 0.15) is 11.6 Å². The largest absolute Gasteiger partial charge is 0.360 e. The summed E-state index contributed by atoms with van der Waals surface area (Å²) in [6.45, 7) is 1.62. The molecule has 0 bridgehead atoms. The van der Waals surface area contributed by atoms with Gasteiger partial charge in [0, 0.05) is 19.5 Å². The van der Waals surface area contributed by atoms with E-state index in [1.165, 1.54) is 17.0 Å². The maximum atomic E-state index is 13.1. The van der Waals surface area contributed by atoms with E-state index in [9.17, 15) is 14.0 Å². The minimum absolute atomic E-state index is 0.0894. The molecule has 0 aliphatic carbocycles. The average Bonchev–Trinajstić information content (AvgIpc) is 2.89. The van der Waals surface area contributed by atoms with Crippen molar-refractivity contribution in [3.05, 3.63) is 47.5 Å². The molecule has 0 unspecified atom stereocenters. The number of aromatic nitrogens is 1. The van der Waals surface area contributed by atoms with Crippen molar-refractivity contribution >= 4 is 17.6 Å². The van der Waals surface area contributed by atoms with Gasteiger partial charge in [0.2, 0.25) is 11.8 Å². The van der Waals surface area contributed by atoms with Gasteiger partial charge in [-0.3, -0.25) is 9.59 Å². The van der Waals surface area contributed by atoms with Crippen LogP contribution in [0.25, 0.3) is 0 Å². The van der Waals surface area contributed by atoms with Crippen LogP contribution in [0.3, 0.4) is 0 Å². The van der Waals surface area contributed by atoms with Gasteiger partial charge in [-0.1, -0.05) is 17.3 Å². The lowest BCUT2D eigenvalue weighted by Crippen LogP contribution is -2.35. The van der Waals surface area contributed by atoms with Gasteiger partial charge in [-0.05, 0) is 31.0 Å². The highest BCUT2D eigenvalue weighted by Gasteiger charge is 2.14. The molecule has 122 valence electrons. The molecule has 0 fully saturated rings. The van der Waals surface area contributed by atoms with Crippen molar-refractivity contribution in [2.75, 3.05) is 18.9 Å². The van der Waals surface area contributed by atoms with E-state index in [1.54, 1.807) is 32.2 Å². The van der Waals surface area contributed by atoms with Crippen LogP contribution in [0, 0.1) is 12.7 Å². The highest BCUT2D eigenvalue weighted by atomic mass is 19.1. The molecule has 23 heavy (non-hydrogen) atoms. The average molecular weight is 319 g/mol. The van der Waals surface area contributed by atoms with Crippen molar-refractivity contribution in [2.45, 2.75) is 19.8 Å². The summed E-state index contributed by atoms with van der Waals surface area (Å²) in [4.78, 5) is 25.2. The first-order valence-corrected chi connectivity index (χ1v) is 7.15. The Labute approximate surface area is 133 Å². The Morgan fingerprint density at radius 1 is 1.35 bits per heavy atom. The van der Waals surface area contributed by atoms with Gasteiger partial charge in [-0.25, -0.2) is 4.39 Å². The Morgan fingerprint density at radius 2 is 2.13 bits per heavy atom. The lowest BCUT2D eigenvalue weighted by Gasteiger charge is -2.16. The lowest BCUT2D eigenvalue weighted by molar-refractivity contribution is -0.133. The molecule has 0 saturated heterocycles. The van der Waals surface area contributed by atoms with Gasteiger partial charge in [-0.2, -0.15) is 0 Å². The highest BCUT2D eigenvalue weighted by molar-refractivity contribution is 5.93. The fourth-order valence-electron chi connectivity index (χ4n) is 2.05. The number of nitrogens with one attached hydrogen (secondary N) is 1. The molecule has 0 atom stereocenters. The standard InChI is InChI=1S/C16H18FN3O3/c1-11-8-14(19-23-11)18-15(21)10-20(2)16(22)7-6-12-4-3-5-13(17)9-12/h3-5,8-9H,6-7,10H2,1-2H3,(H,18,19,21). The molecule has 6 nitrogen and oxygen atoms in total. The number of carbonyl (C=O) groups is 2. The molecule has 1 aromatic carbocycles. The molecular formula is C16H18FN3O3. The van der Waals surface area contributed by atoms with E-state index in [4.69, 9.17) is 4.52 Å². The van der Waals surface area contributed by atoms with Crippen molar-refractivity contribution < 1.29 is 18.5 Å². The number of hydrogen-bond acceptors (Lipinski definition) is 4. The third-order valence-electron chi connectivity index (χ3n) is 3.22. The number of aryl methyl sites for hydroxylation is 2. The number of hydrogen-bond donors (Lipinski definition) is 1. The van der Waals surface area contributed by atoms with Crippen LogP contribution in [0.2, 0.25) is 0 Å². The number of rotatable bonds is 6. The molecule has 1 aromatic heterocycles. The molecular weight excluding hydrogens is 301 g/mol. The third kappa shape index (κ3) is 5.21. The quantitative estimate of drug-likeness (QED) is 0.885. The van der Waals surface area contributed by atoms with Crippen LogP contribution in [0.15, 0.2) is 34.9 Å². The van der Waals surface area contributed by atoms with E-state index in [2.05, 4.69) is 10.5 Å². The van der Waals surface area contributed by atoms with Crippen molar-refractivity contribution in [3.8, 4) is 0 Å². The first-order chi connectivity index (χ1) is 10.9. The van der Waals surface area contributed by atoms with Crippen LogP contribution in [0.4, 0.5) is 10.2 Å². The second-order valence-corrected chi connectivity index (χ2v) is 5.25. The summed E-state index contributed by atoms with van der Waals surface area (Å²) in [5, 5.41) is 6.19. The number of likely N-dealkylation sites (N-methyl/N-ethyl adjacent to an activating group) is 1. The van der Waals surface area contributed by atoms with E-state index in [-0.39, 0.29) is 30.6 Å². The van der Waals surface area contributed by atoms with Gasteiger partial charge < -0.3 is 14.7 Å². The van der Waals surface area contributed by atoms with Gasteiger partial charge in [0.15, 0.2) is 5.82 Å². The SMILES string of the molecule is Cc1cc(NC(=O)CN(C)C(=O)CCc2cccc(F)c2)no1. The molecule has 0 radical (unpaired) electrons. The first kappa shape index (κ1) is 16.7. The molecule has 0 saturated carbocycles. The summed E-state index contributed by atoms with van der Waals surface area (Å²) in [6, 6.07) is 7.70. The first-order valence-electron chi connectivity index (χ1n) is 7.15. The van der Waals surface area contributed by atoms with E-state index < -0.39 is 0 Å². The fraction of sp³-hybridized carbons (Fsp3) is 0.312. The van der Waals surface area contributed by atoms with Crippen LogP contribution < -0.4 is 5.32 Å². The van der Waals surface area contributed by atoms with Crippen LogP contribution in [0.5, 0.6) is 0 Å². The summed E-state index contributed by atoms with van der Waals surface area (Å²) >= 11 is 0. The summed E-state index contributed by atoms with van der Waals surface area (Å²) < 4.78 is 17.9. The molecule has 0 aliphatic rings. The van der Waals surface area contributed by atoms with Crippen LogP contribution >= 0.6 is 0 Å². The van der Waals surface area contributed by atoms with E-state index in [0.29, 0.717) is 18.0 Å². The number of amides is 2. The third-order valence-corrected chi connectivity index (χ3v) is 3.22. The highest BCUT2D eigenvalue weighted by Crippen LogP contribution is 2.08. The molecule has 1 heterocycles. The van der Waals surface area contributed by atoms with Gasteiger partial charge >= 0.3 is 0 Å². The van der Waals surface area contributed by atoms with Gasteiger partial charge in [0.05, 0.1) is 6.54 Å². The molecule has 1 N–H and O–H groups in total. The van der Waals surface area contributed by atoms with Crippen LogP contribution in [-0.4, -0.2) is 35.5 Å².